The van der Waals surface area contributed by atoms with Gasteiger partial charge in [-0.25, -0.2) is 0 Å². The Kier molecular flexibility index (Phi) is 3.89. The summed E-state index contributed by atoms with van der Waals surface area (Å²) in [5.74, 6) is 2.23. The highest BCUT2D eigenvalue weighted by atomic mass is 16.5. The van der Waals surface area contributed by atoms with Gasteiger partial charge in [0.05, 0.1) is 12.3 Å². The highest BCUT2D eigenvalue weighted by Gasteiger charge is 2.34. The quantitative estimate of drug-likeness (QED) is 0.707. The number of phenolic OH excluding ortho intramolecular Hbond substituents is 1. The summed E-state index contributed by atoms with van der Waals surface area (Å²) in [4.78, 5) is 0. The van der Waals surface area contributed by atoms with Gasteiger partial charge in [0.25, 0.3) is 0 Å². The van der Waals surface area contributed by atoms with Gasteiger partial charge in [-0.2, -0.15) is 0 Å². The smallest absolute Gasteiger partial charge is 0.142 e. The van der Waals surface area contributed by atoms with E-state index in [1.807, 2.05) is 12.1 Å². The normalized spacial score (nSPS) is 20.4. The molecule has 2 heterocycles. The van der Waals surface area contributed by atoms with Crippen LogP contribution in [0, 0.1) is 0 Å². The van der Waals surface area contributed by atoms with Crippen LogP contribution in [0.15, 0.2) is 66.7 Å². The molecule has 0 saturated heterocycles. The maximum atomic E-state index is 9.88. The number of ether oxygens (including phenoxy) is 2. The Balaban J connectivity index is 1.65. The van der Waals surface area contributed by atoms with E-state index in [0.717, 1.165) is 29.3 Å². The molecular weight excluding hydrogens is 338 g/mol. The second-order valence-electron chi connectivity index (χ2n) is 7.06. The van der Waals surface area contributed by atoms with Crippen LogP contribution in [-0.4, -0.2) is 24.9 Å². The van der Waals surface area contributed by atoms with Gasteiger partial charge in [0, 0.05) is 30.0 Å². The first-order valence-electron chi connectivity index (χ1n) is 9.31. The second kappa shape index (κ2) is 6.54. The number of phenols is 1. The lowest BCUT2D eigenvalue weighted by molar-refractivity contribution is 0.247. The minimum absolute atomic E-state index is 0.144. The Morgan fingerprint density at radius 2 is 1.74 bits per heavy atom. The Bertz CT molecular complexity index is 971. The fourth-order valence-corrected chi connectivity index (χ4v) is 4.15. The van der Waals surface area contributed by atoms with Crippen LogP contribution in [0.1, 0.15) is 28.5 Å². The molecule has 4 heteroatoms. The van der Waals surface area contributed by atoms with Crippen molar-refractivity contribution >= 4 is 5.69 Å². The standard InChI is InChI=1S/C23H21NO3/c25-17-7-8-18-22(13-17)27-14-19(15-4-2-1-3-5-15)23(18)16-6-9-21-20(12-16)24-10-11-26-21/h1-9,12-13,19,23-25H,10-11,14H2/t19-,23?/m1/s1. The van der Waals surface area contributed by atoms with Crippen molar-refractivity contribution in [3.05, 3.63) is 83.4 Å². The molecule has 0 amide bonds. The predicted octanol–water partition coefficient (Wildman–Crippen LogP) is 4.50. The first-order valence-corrected chi connectivity index (χ1v) is 9.31. The monoisotopic (exact) mass is 359 g/mol. The first-order chi connectivity index (χ1) is 13.3. The van der Waals surface area contributed by atoms with Crippen molar-refractivity contribution in [1.29, 1.82) is 0 Å². The van der Waals surface area contributed by atoms with Crippen molar-refractivity contribution in [3.63, 3.8) is 0 Å². The van der Waals surface area contributed by atoms with Gasteiger partial charge in [-0.3, -0.25) is 0 Å². The van der Waals surface area contributed by atoms with Gasteiger partial charge in [-0.15, -0.1) is 0 Å². The zero-order valence-corrected chi connectivity index (χ0v) is 14.9. The number of hydrogen-bond donors (Lipinski definition) is 2. The molecular formula is C23H21NO3. The number of aromatic hydroxyl groups is 1. The average Bonchev–Trinajstić information content (AvgIpc) is 2.73. The van der Waals surface area contributed by atoms with Gasteiger partial charge in [0.2, 0.25) is 0 Å². The van der Waals surface area contributed by atoms with E-state index in [4.69, 9.17) is 9.47 Å². The van der Waals surface area contributed by atoms with Crippen LogP contribution in [0.5, 0.6) is 17.2 Å². The van der Waals surface area contributed by atoms with Crippen molar-refractivity contribution in [2.45, 2.75) is 11.8 Å². The van der Waals surface area contributed by atoms with Crippen LogP contribution in [0.2, 0.25) is 0 Å². The molecule has 0 spiro atoms. The molecule has 0 aliphatic carbocycles. The van der Waals surface area contributed by atoms with Crippen LogP contribution >= 0.6 is 0 Å². The number of nitrogens with one attached hydrogen (secondary N) is 1. The summed E-state index contributed by atoms with van der Waals surface area (Å²) in [5, 5.41) is 13.3. The van der Waals surface area contributed by atoms with E-state index < -0.39 is 0 Å². The summed E-state index contributed by atoms with van der Waals surface area (Å²) in [6, 6.07) is 22.3. The van der Waals surface area contributed by atoms with Crippen LogP contribution in [-0.2, 0) is 0 Å². The second-order valence-corrected chi connectivity index (χ2v) is 7.06. The summed E-state index contributed by atoms with van der Waals surface area (Å²) >= 11 is 0. The van der Waals surface area contributed by atoms with Crippen molar-refractivity contribution in [3.8, 4) is 17.2 Å². The summed E-state index contributed by atoms with van der Waals surface area (Å²) in [6.07, 6.45) is 0. The SMILES string of the molecule is Oc1ccc2c(c1)OC[C@H](c1ccccc1)C2c1ccc2c(c1)NCCO2. The van der Waals surface area contributed by atoms with E-state index in [1.165, 1.54) is 11.1 Å². The molecule has 0 bridgehead atoms. The molecule has 0 fully saturated rings. The van der Waals surface area contributed by atoms with Crippen LogP contribution < -0.4 is 14.8 Å². The lowest BCUT2D eigenvalue weighted by Gasteiger charge is -2.35. The maximum Gasteiger partial charge on any atom is 0.142 e. The van der Waals surface area contributed by atoms with Gasteiger partial charge in [-0.05, 0) is 29.3 Å². The molecule has 3 aromatic rings. The third-order valence-electron chi connectivity index (χ3n) is 5.42. The minimum atomic E-state index is 0.144. The molecule has 2 aliphatic heterocycles. The maximum absolute atomic E-state index is 9.88. The van der Waals surface area contributed by atoms with Crippen LogP contribution in [0.25, 0.3) is 0 Å². The molecule has 27 heavy (non-hydrogen) atoms. The van der Waals surface area contributed by atoms with Gasteiger partial charge < -0.3 is 19.9 Å². The number of rotatable bonds is 2. The Labute approximate surface area is 158 Å². The molecule has 2 aliphatic rings. The summed E-state index contributed by atoms with van der Waals surface area (Å²) in [6.45, 7) is 2.08. The number of anilines is 1. The molecule has 2 N–H and O–H groups in total. The molecule has 5 rings (SSSR count). The topological polar surface area (TPSA) is 50.7 Å². The molecule has 1 unspecified atom stereocenters. The molecule has 136 valence electrons. The molecule has 0 saturated carbocycles. The Morgan fingerprint density at radius 1 is 0.852 bits per heavy atom. The number of hydrogen-bond acceptors (Lipinski definition) is 4. The van der Waals surface area contributed by atoms with E-state index in [1.54, 1.807) is 12.1 Å². The van der Waals surface area contributed by atoms with Crippen molar-refractivity contribution in [1.82, 2.24) is 0 Å². The predicted molar refractivity (Wildman–Crippen MR) is 105 cm³/mol. The van der Waals surface area contributed by atoms with E-state index in [2.05, 4.69) is 47.8 Å². The lowest BCUT2D eigenvalue weighted by Crippen LogP contribution is -2.25. The van der Waals surface area contributed by atoms with E-state index >= 15 is 0 Å². The summed E-state index contributed by atoms with van der Waals surface area (Å²) in [5.41, 5.74) is 4.61. The average molecular weight is 359 g/mol. The Hall–Kier alpha value is -3.14. The molecule has 0 aromatic heterocycles. The summed E-state index contributed by atoms with van der Waals surface area (Å²) < 4.78 is 11.8. The lowest BCUT2D eigenvalue weighted by atomic mass is 9.75. The van der Waals surface area contributed by atoms with Crippen LogP contribution in [0.4, 0.5) is 5.69 Å². The highest BCUT2D eigenvalue weighted by Crippen LogP contribution is 2.48. The molecule has 4 nitrogen and oxygen atoms in total. The van der Waals surface area contributed by atoms with Gasteiger partial charge in [0.1, 0.15) is 23.9 Å². The largest absolute Gasteiger partial charge is 0.508 e. The summed E-state index contributed by atoms with van der Waals surface area (Å²) in [7, 11) is 0. The fourth-order valence-electron chi connectivity index (χ4n) is 4.15. The van der Waals surface area contributed by atoms with Gasteiger partial charge in [0.15, 0.2) is 0 Å². The number of fused-ring (bicyclic) bond motifs is 2. The number of benzene rings is 3. The minimum Gasteiger partial charge on any atom is -0.508 e. The third kappa shape index (κ3) is 2.87. The fraction of sp³-hybridized carbons (Fsp3) is 0.217. The molecule has 0 radical (unpaired) electrons. The Morgan fingerprint density at radius 3 is 2.63 bits per heavy atom. The zero-order valence-electron chi connectivity index (χ0n) is 14.9. The van der Waals surface area contributed by atoms with Gasteiger partial charge in [-0.1, -0.05) is 42.5 Å². The zero-order chi connectivity index (χ0) is 18.2. The van der Waals surface area contributed by atoms with Crippen molar-refractivity contribution in [2.24, 2.45) is 0 Å². The van der Waals surface area contributed by atoms with Crippen molar-refractivity contribution in [2.75, 3.05) is 25.1 Å². The molecule has 2 atom stereocenters. The van der Waals surface area contributed by atoms with Crippen LogP contribution in [0.3, 0.4) is 0 Å². The van der Waals surface area contributed by atoms with E-state index in [0.29, 0.717) is 13.2 Å². The van der Waals surface area contributed by atoms with Gasteiger partial charge >= 0.3 is 0 Å². The molecule has 3 aromatic carbocycles. The highest BCUT2D eigenvalue weighted by molar-refractivity contribution is 5.62. The first kappa shape index (κ1) is 16.1. The van der Waals surface area contributed by atoms with Crippen molar-refractivity contribution < 1.29 is 14.6 Å². The van der Waals surface area contributed by atoms with E-state index in [9.17, 15) is 5.11 Å². The third-order valence-corrected chi connectivity index (χ3v) is 5.42. The van der Waals surface area contributed by atoms with E-state index in [-0.39, 0.29) is 17.6 Å².